The Kier molecular flexibility index (Phi) is 6.32. The summed E-state index contributed by atoms with van der Waals surface area (Å²) >= 11 is 6.02. The second kappa shape index (κ2) is 9.14. The third kappa shape index (κ3) is 4.46. The van der Waals surface area contributed by atoms with E-state index in [1.165, 1.54) is 0 Å². The van der Waals surface area contributed by atoms with E-state index in [1.54, 1.807) is 28.8 Å². The molecule has 0 spiro atoms. The topological polar surface area (TPSA) is 79.8 Å². The fourth-order valence-electron chi connectivity index (χ4n) is 4.37. The average Bonchev–Trinajstić information content (AvgIpc) is 3.37. The number of carboxylic acid groups (broad SMARTS) is 1. The number of imidazole rings is 1. The van der Waals surface area contributed by atoms with Gasteiger partial charge in [0, 0.05) is 42.0 Å². The first-order valence-electron chi connectivity index (χ1n) is 10.8. The molecule has 1 N–H and O–H groups in total. The highest BCUT2D eigenvalue weighted by molar-refractivity contribution is 6.30. The monoisotopic (exact) mass is 442 g/mol. The number of halogens is 1. The largest absolute Gasteiger partial charge is 0.481 e. The lowest BCUT2D eigenvalue weighted by molar-refractivity contribution is -0.137. The molecule has 0 aliphatic carbocycles. The van der Waals surface area contributed by atoms with Gasteiger partial charge in [0.05, 0.1) is 12.1 Å². The Morgan fingerprint density at radius 2 is 2.03 bits per heavy atom. The van der Waals surface area contributed by atoms with Crippen molar-refractivity contribution in [3.63, 3.8) is 0 Å². The molecule has 1 aliphatic rings. The van der Waals surface area contributed by atoms with Crippen molar-refractivity contribution in [3.05, 3.63) is 51.9 Å². The Hall–Kier alpha value is -2.80. The van der Waals surface area contributed by atoms with Gasteiger partial charge in [-0.2, -0.15) is 0 Å². The second-order valence-electron chi connectivity index (χ2n) is 8.09. The third-order valence-corrected chi connectivity index (χ3v) is 6.15. The molecule has 1 atom stereocenters. The highest BCUT2D eigenvalue weighted by Gasteiger charge is 2.29. The van der Waals surface area contributed by atoms with E-state index < -0.39 is 5.97 Å². The number of carbonyl (C=O) groups is 1. The van der Waals surface area contributed by atoms with Gasteiger partial charge >= 0.3 is 5.97 Å². The van der Waals surface area contributed by atoms with Crippen LogP contribution < -0.4 is 10.5 Å². The summed E-state index contributed by atoms with van der Waals surface area (Å²) in [5, 5.41) is 9.98. The molecule has 1 aliphatic heterocycles. The van der Waals surface area contributed by atoms with Gasteiger partial charge < -0.3 is 10.0 Å². The lowest BCUT2D eigenvalue weighted by Gasteiger charge is -2.29. The summed E-state index contributed by atoms with van der Waals surface area (Å²) in [5.74, 6) is 0.541. The second-order valence-corrected chi connectivity index (χ2v) is 8.53. The maximum absolute atomic E-state index is 13.0. The number of anilines is 1. The fourth-order valence-corrected chi connectivity index (χ4v) is 4.49. The zero-order valence-corrected chi connectivity index (χ0v) is 18.4. The van der Waals surface area contributed by atoms with Crippen molar-refractivity contribution in [1.82, 2.24) is 14.0 Å². The standard InChI is InChI=1S/C23H27ClN4O3/c1-2-3-4-11-27-20(26-12-5-6-18(26)13-22(30)31)14-21(29)28-15-19(25-23(27)28)16-7-9-17(24)10-8-16/h7-10,14-15,18H,2-6,11-13H2,1H3,(H,30,31)/t18-/m0/s1. The van der Waals surface area contributed by atoms with E-state index >= 15 is 0 Å². The molecule has 3 aromatic rings. The summed E-state index contributed by atoms with van der Waals surface area (Å²) in [7, 11) is 0. The number of carboxylic acids is 1. The van der Waals surface area contributed by atoms with E-state index in [1.807, 2.05) is 12.1 Å². The van der Waals surface area contributed by atoms with Gasteiger partial charge in [0.15, 0.2) is 0 Å². The van der Waals surface area contributed by atoms with Crippen LogP contribution in [0.25, 0.3) is 17.0 Å². The van der Waals surface area contributed by atoms with Crippen LogP contribution in [0.1, 0.15) is 45.4 Å². The molecule has 31 heavy (non-hydrogen) atoms. The maximum Gasteiger partial charge on any atom is 0.305 e. The van der Waals surface area contributed by atoms with Gasteiger partial charge in [0.2, 0.25) is 5.78 Å². The van der Waals surface area contributed by atoms with Gasteiger partial charge in [0.25, 0.3) is 5.56 Å². The summed E-state index contributed by atoms with van der Waals surface area (Å²) in [6.45, 7) is 3.62. The Labute approximate surface area is 185 Å². The average molecular weight is 443 g/mol. The van der Waals surface area contributed by atoms with E-state index in [0.29, 0.717) is 16.5 Å². The van der Waals surface area contributed by atoms with Crippen LogP contribution in [0.2, 0.25) is 5.02 Å². The molecule has 2 aromatic heterocycles. The zero-order valence-electron chi connectivity index (χ0n) is 17.6. The minimum absolute atomic E-state index is 0.0682. The summed E-state index contributed by atoms with van der Waals surface area (Å²) < 4.78 is 3.66. The van der Waals surface area contributed by atoms with Gasteiger partial charge in [-0.25, -0.2) is 4.98 Å². The molecule has 0 saturated carbocycles. The van der Waals surface area contributed by atoms with Crippen LogP contribution in [0, 0.1) is 0 Å². The molecule has 1 aromatic carbocycles. The predicted octanol–water partition coefficient (Wildman–Crippen LogP) is 4.45. The number of rotatable bonds is 8. The predicted molar refractivity (Wildman–Crippen MR) is 122 cm³/mol. The number of hydrogen-bond donors (Lipinski definition) is 1. The molecular formula is C23H27ClN4O3. The lowest BCUT2D eigenvalue weighted by Crippen LogP contribution is -2.35. The third-order valence-electron chi connectivity index (χ3n) is 5.90. The van der Waals surface area contributed by atoms with Crippen LogP contribution in [0.15, 0.2) is 41.3 Å². The van der Waals surface area contributed by atoms with Crippen LogP contribution >= 0.6 is 11.6 Å². The van der Waals surface area contributed by atoms with Crippen molar-refractivity contribution in [2.75, 3.05) is 11.4 Å². The van der Waals surface area contributed by atoms with Crippen molar-refractivity contribution < 1.29 is 9.90 Å². The van der Waals surface area contributed by atoms with Gasteiger partial charge in [-0.05, 0) is 31.4 Å². The Balaban J connectivity index is 1.83. The zero-order chi connectivity index (χ0) is 22.0. The molecule has 0 amide bonds. The molecule has 1 saturated heterocycles. The van der Waals surface area contributed by atoms with Crippen LogP contribution in [0.5, 0.6) is 0 Å². The van der Waals surface area contributed by atoms with Crippen LogP contribution in [-0.4, -0.2) is 37.6 Å². The summed E-state index contributed by atoms with van der Waals surface area (Å²) in [6, 6.07) is 8.91. The van der Waals surface area contributed by atoms with E-state index in [-0.39, 0.29) is 18.0 Å². The highest BCUT2D eigenvalue weighted by Crippen LogP contribution is 2.29. The molecule has 0 bridgehead atoms. The van der Waals surface area contributed by atoms with E-state index in [9.17, 15) is 14.7 Å². The Morgan fingerprint density at radius 3 is 2.74 bits per heavy atom. The minimum Gasteiger partial charge on any atom is -0.481 e. The number of aryl methyl sites for hydroxylation is 1. The van der Waals surface area contributed by atoms with Crippen molar-refractivity contribution in [1.29, 1.82) is 0 Å². The van der Waals surface area contributed by atoms with E-state index in [4.69, 9.17) is 16.6 Å². The first-order chi connectivity index (χ1) is 15.0. The van der Waals surface area contributed by atoms with E-state index in [2.05, 4.69) is 16.4 Å². The maximum atomic E-state index is 13.0. The highest BCUT2D eigenvalue weighted by atomic mass is 35.5. The number of aromatic nitrogens is 3. The first-order valence-corrected chi connectivity index (χ1v) is 11.2. The lowest BCUT2D eigenvalue weighted by atomic mass is 10.1. The van der Waals surface area contributed by atoms with Crippen molar-refractivity contribution in [2.45, 2.75) is 58.0 Å². The number of nitrogens with zero attached hydrogens (tertiary/aromatic N) is 4. The molecular weight excluding hydrogens is 416 g/mol. The molecule has 1 fully saturated rings. The number of hydrogen-bond acceptors (Lipinski definition) is 4. The number of aliphatic carboxylic acids is 1. The smallest absolute Gasteiger partial charge is 0.305 e. The molecule has 8 heteroatoms. The minimum atomic E-state index is -0.816. The molecule has 164 valence electrons. The van der Waals surface area contributed by atoms with E-state index in [0.717, 1.165) is 56.6 Å². The molecule has 7 nitrogen and oxygen atoms in total. The fraction of sp³-hybridized carbons (Fsp3) is 0.435. The number of benzene rings is 1. The SMILES string of the molecule is CCCCCn1c(N2CCC[C@H]2CC(=O)O)cc(=O)n2cc(-c3ccc(Cl)cc3)nc12. The van der Waals surface area contributed by atoms with Gasteiger partial charge in [-0.3, -0.25) is 18.6 Å². The van der Waals surface area contributed by atoms with Gasteiger partial charge in [0.1, 0.15) is 5.82 Å². The summed E-state index contributed by atoms with van der Waals surface area (Å²) in [5.41, 5.74) is 1.43. The van der Waals surface area contributed by atoms with Crippen molar-refractivity contribution >= 4 is 29.2 Å². The molecule has 0 unspecified atom stereocenters. The first kappa shape index (κ1) is 21.4. The van der Waals surface area contributed by atoms with Gasteiger partial charge in [-0.1, -0.05) is 43.5 Å². The molecule has 4 rings (SSSR count). The van der Waals surface area contributed by atoms with Gasteiger partial charge in [-0.15, -0.1) is 0 Å². The molecule has 3 heterocycles. The number of unbranched alkanes of at least 4 members (excludes halogenated alkanes) is 2. The van der Waals surface area contributed by atoms with Crippen LogP contribution in [0.3, 0.4) is 0 Å². The van der Waals surface area contributed by atoms with Crippen LogP contribution in [0.4, 0.5) is 5.82 Å². The normalized spacial score (nSPS) is 16.3. The molecule has 0 radical (unpaired) electrons. The Bertz CT molecular complexity index is 1140. The number of fused-ring (bicyclic) bond motifs is 1. The van der Waals surface area contributed by atoms with Crippen molar-refractivity contribution in [2.24, 2.45) is 0 Å². The quantitative estimate of drug-likeness (QED) is 0.521. The van der Waals surface area contributed by atoms with Crippen molar-refractivity contribution in [3.8, 4) is 11.3 Å². The van der Waals surface area contributed by atoms with Crippen LogP contribution in [-0.2, 0) is 11.3 Å². The summed E-state index contributed by atoms with van der Waals surface area (Å²) in [4.78, 5) is 31.3. The summed E-state index contributed by atoms with van der Waals surface area (Å²) in [6.07, 6.45) is 6.67. The Morgan fingerprint density at radius 1 is 1.26 bits per heavy atom.